The summed E-state index contributed by atoms with van der Waals surface area (Å²) in [6.45, 7) is 1.93. The summed E-state index contributed by atoms with van der Waals surface area (Å²) in [6.07, 6.45) is 39.7. The molecule has 2 rings (SSSR count). The number of phosphoric acid groups is 2. The van der Waals surface area contributed by atoms with Gasteiger partial charge in [-0.1, -0.05) is 137 Å². The summed E-state index contributed by atoms with van der Waals surface area (Å²) in [4.78, 5) is 61.8. The van der Waals surface area contributed by atoms with Crippen LogP contribution >= 0.6 is 15.6 Å². The lowest BCUT2D eigenvalue weighted by Crippen LogP contribution is -2.36. The molecule has 1 aromatic heterocycles. The molecule has 1 fully saturated rings. The minimum atomic E-state index is -5.44. The van der Waals surface area contributed by atoms with Gasteiger partial charge in [0.25, 0.3) is 0 Å². The lowest BCUT2D eigenvalue weighted by Gasteiger charge is -2.21. The SMILES string of the molecule is CC/C=C\C/C=C\C/C=C\C/C=C\C/C=C\C/C=C\CCC(=O)O[C@H](COC(=O)CCCCCCC/C=C\CCCCCC)COP(=O)(O)OP(=O)(O)OC[C@H]1O[C@@H](n2ccc(N)nc2=O)C(O)[C@H]1O. The summed E-state index contributed by atoms with van der Waals surface area (Å²) in [5.74, 6) is -1.42. The van der Waals surface area contributed by atoms with E-state index in [1.807, 2.05) is 18.2 Å². The Kier molecular flexibility index (Phi) is 33.4. The molecule has 1 aliphatic rings. The van der Waals surface area contributed by atoms with Gasteiger partial charge in [0, 0.05) is 19.0 Å². The van der Waals surface area contributed by atoms with Gasteiger partial charge >= 0.3 is 33.3 Å². The Morgan fingerprint density at radius 1 is 0.700 bits per heavy atom. The second-order valence-corrected chi connectivity index (χ2v) is 19.6. The van der Waals surface area contributed by atoms with Crippen LogP contribution in [0.25, 0.3) is 0 Å². The summed E-state index contributed by atoms with van der Waals surface area (Å²) in [7, 11) is -10.9. The third-order valence-electron chi connectivity index (χ3n) is 10.5. The molecular weight excluding hydrogens is 945 g/mol. The minimum absolute atomic E-state index is 0.0809. The fraction of sp³-hybridized carbons (Fsp3) is 0.600. The van der Waals surface area contributed by atoms with Gasteiger partial charge in [0.05, 0.1) is 13.2 Å². The average molecular weight is 1020 g/mol. The molecule has 0 amide bonds. The fourth-order valence-electron chi connectivity index (χ4n) is 6.69. The number of aliphatic hydroxyl groups is 2. The molecule has 1 aliphatic heterocycles. The number of allylic oxidation sites excluding steroid dienone is 14. The van der Waals surface area contributed by atoms with Crippen molar-refractivity contribution in [1.29, 1.82) is 0 Å². The molecule has 0 saturated carbocycles. The maximum atomic E-state index is 12.8. The molecule has 70 heavy (non-hydrogen) atoms. The Labute approximate surface area is 414 Å². The van der Waals surface area contributed by atoms with Crippen molar-refractivity contribution in [1.82, 2.24) is 9.55 Å². The molecule has 1 saturated heterocycles. The van der Waals surface area contributed by atoms with Crippen molar-refractivity contribution >= 4 is 33.4 Å². The number of anilines is 1. The van der Waals surface area contributed by atoms with Crippen molar-refractivity contribution in [2.75, 3.05) is 25.6 Å². The predicted molar refractivity (Wildman–Crippen MR) is 270 cm³/mol. The number of aliphatic hydroxyl groups excluding tert-OH is 2. The number of nitrogens with zero attached hydrogens (tertiary/aromatic N) is 2. The van der Waals surface area contributed by atoms with Crippen LogP contribution in [0.3, 0.4) is 0 Å². The molecule has 6 N–H and O–H groups in total. The van der Waals surface area contributed by atoms with E-state index < -0.39 is 83.7 Å². The van der Waals surface area contributed by atoms with Crippen LogP contribution in [-0.4, -0.2) is 85.7 Å². The van der Waals surface area contributed by atoms with Crippen LogP contribution < -0.4 is 11.4 Å². The van der Waals surface area contributed by atoms with Gasteiger partial charge in [-0.15, -0.1) is 0 Å². The molecule has 0 radical (unpaired) electrons. The van der Waals surface area contributed by atoms with Gasteiger partial charge in [0.15, 0.2) is 12.3 Å². The van der Waals surface area contributed by atoms with Gasteiger partial charge in [-0.25, -0.2) is 13.9 Å². The first-order chi connectivity index (χ1) is 33.7. The summed E-state index contributed by atoms with van der Waals surface area (Å²) in [5.41, 5.74) is 4.58. The first kappa shape index (κ1) is 62.1. The predicted octanol–water partition coefficient (Wildman–Crippen LogP) is 9.89. The zero-order valence-corrected chi connectivity index (χ0v) is 42.8. The number of esters is 2. The molecule has 2 heterocycles. The highest BCUT2D eigenvalue weighted by atomic mass is 31.3. The van der Waals surface area contributed by atoms with Crippen LogP contribution in [0.15, 0.2) is 102 Å². The van der Waals surface area contributed by atoms with Gasteiger partial charge in [-0.05, 0) is 83.1 Å². The number of ether oxygens (including phenoxy) is 3. The largest absolute Gasteiger partial charge is 0.481 e. The first-order valence-electron chi connectivity index (χ1n) is 24.6. The summed E-state index contributed by atoms with van der Waals surface area (Å²) in [5, 5.41) is 20.9. The van der Waals surface area contributed by atoms with E-state index in [0.717, 1.165) is 81.4 Å². The monoisotopic (exact) mass is 1020 g/mol. The second kappa shape index (κ2) is 37.7. The van der Waals surface area contributed by atoms with Crippen LogP contribution in [0.5, 0.6) is 0 Å². The zero-order chi connectivity index (χ0) is 51.3. The van der Waals surface area contributed by atoms with Crippen molar-refractivity contribution in [3.63, 3.8) is 0 Å². The quantitative estimate of drug-likeness (QED) is 0.0178. The van der Waals surface area contributed by atoms with Gasteiger partial charge < -0.3 is 39.9 Å². The number of nitrogens with two attached hydrogens (primary N) is 1. The number of aromatic nitrogens is 2. The standard InChI is InChI=1S/C50H79N3O15P2/c1-3-5-7-9-11-13-15-17-18-19-20-21-22-24-26-28-30-32-34-36-46(55)66-42(39-63-45(54)35-33-31-29-27-25-23-16-14-12-10-8-6-4-2)40-64-69(59,60)68-70(61,62)65-41-43-47(56)48(57)49(67-43)53-38-37-44(51)52-50(53)58/h5,7,11,13-14,16-18,20-21,24,26,30,32,37-38,42-43,47-49,56-57H,3-4,6,8-10,12,15,19,22-23,25,27-29,31,33-36,39-41H2,1-2H3,(H,59,60)(H,61,62)(H2,51,52,58)/b7-5-,13-11-,16-14-,18-17-,21-20-,26-24-,32-30-/t42-,43-,47+,48?,49-/m1/s1. The maximum absolute atomic E-state index is 12.8. The zero-order valence-electron chi connectivity index (χ0n) is 41.0. The molecule has 3 unspecified atom stereocenters. The number of hydrogen-bond acceptors (Lipinski definition) is 15. The summed E-state index contributed by atoms with van der Waals surface area (Å²) in [6, 6.07) is 1.24. The van der Waals surface area contributed by atoms with Crippen LogP contribution in [0.1, 0.15) is 148 Å². The minimum Gasteiger partial charge on any atom is -0.462 e. The first-order valence-corrected chi connectivity index (χ1v) is 27.6. The van der Waals surface area contributed by atoms with Gasteiger partial charge in [0.1, 0.15) is 30.7 Å². The lowest BCUT2D eigenvalue weighted by molar-refractivity contribution is -0.161. The Bertz CT molecular complexity index is 2000. The van der Waals surface area contributed by atoms with E-state index in [0.29, 0.717) is 19.3 Å². The van der Waals surface area contributed by atoms with Crippen LogP contribution in [0, 0.1) is 0 Å². The highest BCUT2D eigenvalue weighted by molar-refractivity contribution is 7.61. The Morgan fingerprint density at radius 2 is 1.23 bits per heavy atom. The van der Waals surface area contributed by atoms with Gasteiger partial charge in [-0.3, -0.25) is 23.2 Å². The van der Waals surface area contributed by atoms with E-state index in [9.17, 15) is 43.5 Å². The van der Waals surface area contributed by atoms with E-state index in [2.05, 4.69) is 83.9 Å². The molecule has 394 valence electrons. The third kappa shape index (κ3) is 30.0. The molecule has 0 bridgehead atoms. The Hall–Kier alpha value is -4.06. The van der Waals surface area contributed by atoms with Crippen LogP contribution in [-0.2, 0) is 46.3 Å². The number of nitrogen functional groups attached to an aromatic ring is 1. The number of hydrogen-bond donors (Lipinski definition) is 5. The third-order valence-corrected chi connectivity index (χ3v) is 13.1. The molecule has 0 aromatic carbocycles. The van der Waals surface area contributed by atoms with Crippen LogP contribution in [0.4, 0.5) is 5.82 Å². The number of unbranched alkanes of at least 4 members (excludes halogenated alkanes) is 9. The normalized spacial score (nSPS) is 20.0. The maximum Gasteiger partial charge on any atom is 0.481 e. The molecule has 18 nitrogen and oxygen atoms in total. The Balaban J connectivity index is 1.85. The molecule has 20 heteroatoms. The van der Waals surface area contributed by atoms with Crippen molar-refractivity contribution in [3.05, 3.63) is 108 Å². The number of phosphoric ester groups is 2. The topological polar surface area (TPSA) is 265 Å². The van der Waals surface area contributed by atoms with Crippen LogP contribution in [0.2, 0.25) is 0 Å². The highest BCUT2D eigenvalue weighted by Crippen LogP contribution is 2.60. The average Bonchev–Trinajstić information content (AvgIpc) is 3.59. The van der Waals surface area contributed by atoms with Gasteiger partial charge in [-0.2, -0.15) is 9.29 Å². The lowest BCUT2D eigenvalue weighted by atomic mass is 10.1. The number of carbonyl (C=O) groups excluding carboxylic acids is 2. The second-order valence-electron chi connectivity index (χ2n) is 16.6. The van der Waals surface area contributed by atoms with Crippen molar-refractivity contribution in [2.24, 2.45) is 0 Å². The Morgan fingerprint density at radius 3 is 1.81 bits per heavy atom. The summed E-state index contributed by atoms with van der Waals surface area (Å²) >= 11 is 0. The van der Waals surface area contributed by atoms with E-state index in [1.54, 1.807) is 6.08 Å². The number of rotatable bonds is 39. The van der Waals surface area contributed by atoms with E-state index in [1.165, 1.54) is 31.7 Å². The van der Waals surface area contributed by atoms with Crippen molar-refractivity contribution < 1.29 is 66.3 Å². The van der Waals surface area contributed by atoms with E-state index in [4.69, 9.17) is 29.0 Å². The molecule has 0 spiro atoms. The van der Waals surface area contributed by atoms with Crippen molar-refractivity contribution in [3.8, 4) is 0 Å². The van der Waals surface area contributed by atoms with Gasteiger partial charge in [0.2, 0.25) is 0 Å². The fourth-order valence-corrected chi connectivity index (χ4v) is 8.80. The summed E-state index contributed by atoms with van der Waals surface area (Å²) < 4.78 is 56.6. The number of carbonyl (C=O) groups is 2. The molecule has 1 aromatic rings. The molecule has 0 aliphatic carbocycles. The van der Waals surface area contributed by atoms with E-state index >= 15 is 0 Å². The smallest absolute Gasteiger partial charge is 0.462 e. The van der Waals surface area contributed by atoms with E-state index in [-0.39, 0.29) is 18.7 Å². The molecule has 7 atom stereocenters. The van der Waals surface area contributed by atoms with Crippen molar-refractivity contribution in [2.45, 2.75) is 173 Å². The highest BCUT2D eigenvalue weighted by Gasteiger charge is 2.46. The molecular formula is C50H79N3O15P2.